The van der Waals surface area contributed by atoms with Crippen LogP contribution >= 0.6 is 11.6 Å². The van der Waals surface area contributed by atoms with Gasteiger partial charge in [-0.2, -0.15) is 0 Å². The SMILES string of the molecule is O=C(NCc1ccc(OC(F)(F)F)cc1)[C@H]1COc2ccc(Cl)cc2C1. The van der Waals surface area contributed by atoms with Crippen LogP contribution in [0.1, 0.15) is 11.1 Å². The topological polar surface area (TPSA) is 47.6 Å². The van der Waals surface area contributed by atoms with Gasteiger partial charge in [0.1, 0.15) is 18.1 Å². The van der Waals surface area contributed by atoms with Crippen molar-refractivity contribution in [3.8, 4) is 11.5 Å². The van der Waals surface area contributed by atoms with Crippen molar-refractivity contribution in [2.45, 2.75) is 19.3 Å². The molecule has 0 aliphatic carbocycles. The van der Waals surface area contributed by atoms with Crippen molar-refractivity contribution in [2.75, 3.05) is 6.61 Å². The summed E-state index contributed by atoms with van der Waals surface area (Å²) in [5.41, 5.74) is 1.53. The molecule has 1 aliphatic rings. The lowest BCUT2D eigenvalue weighted by atomic mass is 9.96. The van der Waals surface area contributed by atoms with E-state index in [-0.39, 0.29) is 30.7 Å². The molecule has 0 unspecified atom stereocenters. The minimum atomic E-state index is -4.73. The molecule has 0 bridgehead atoms. The monoisotopic (exact) mass is 385 g/mol. The Balaban J connectivity index is 1.54. The normalized spacial score (nSPS) is 16.4. The van der Waals surface area contributed by atoms with Gasteiger partial charge in [0.15, 0.2) is 0 Å². The number of fused-ring (bicyclic) bond motifs is 1. The van der Waals surface area contributed by atoms with Gasteiger partial charge in [-0.15, -0.1) is 13.2 Å². The Morgan fingerprint density at radius 1 is 1.23 bits per heavy atom. The number of halogens is 4. The summed E-state index contributed by atoms with van der Waals surface area (Å²) in [6.45, 7) is 0.461. The predicted molar refractivity (Wildman–Crippen MR) is 89.1 cm³/mol. The van der Waals surface area contributed by atoms with Crippen LogP contribution in [-0.4, -0.2) is 18.9 Å². The van der Waals surface area contributed by atoms with Crippen LogP contribution in [0.2, 0.25) is 5.02 Å². The number of carbonyl (C=O) groups is 1. The van der Waals surface area contributed by atoms with Crippen LogP contribution in [0.25, 0.3) is 0 Å². The molecule has 0 saturated heterocycles. The van der Waals surface area contributed by atoms with Crippen molar-refractivity contribution in [3.63, 3.8) is 0 Å². The lowest BCUT2D eigenvalue weighted by Crippen LogP contribution is -2.37. The molecule has 1 heterocycles. The van der Waals surface area contributed by atoms with Gasteiger partial charge >= 0.3 is 6.36 Å². The fourth-order valence-electron chi connectivity index (χ4n) is 2.67. The number of carbonyl (C=O) groups excluding carboxylic acids is 1. The second-order valence-corrected chi connectivity index (χ2v) is 6.31. The third-order valence-corrected chi connectivity index (χ3v) is 4.16. The van der Waals surface area contributed by atoms with E-state index in [1.807, 2.05) is 0 Å². The zero-order valence-electron chi connectivity index (χ0n) is 13.5. The van der Waals surface area contributed by atoms with Crippen LogP contribution in [-0.2, 0) is 17.8 Å². The summed E-state index contributed by atoms with van der Waals surface area (Å²) in [6.07, 6.45) is -4.21. The lowest BCUT2D eigenvalue weighted by Gasteiger charge is -2.24. The number of hydrogen-bond donors (Lipinski definition) is 1. The molecule has 1 N–H and O–H groups in total. The summed E-state index contributed by atoms with van der Waals surface area (Å²) in [7, 11) is 0. The average molecular weight is 386 g/mol. The molecule has 3 rings (SSSR count). The molecule has 26 heavy (non-hydrogen) atoms. The van der Waals surface area contributed by atoms with Crippen LogP contribution in [0.4, 0.5) is 13.2 Å². The van der Waals surface area contributed by atoms with Crippen LogP contribution in [0.3, 0.4) is 0 Å². The number of ether oxygens (including phenoxy) is 2. The highest BCUT2D eigenvalue weighted by atomic mass is 35.5. The Hall–Kier alpha value is -2.41. The molecule has 0 fully saturated rings. The number of alkyl halides is 3. The van der Waals surface area contributed by atoms with Gasteiger partial charge in [0.2, 0.25) is 5.91 Å². The standard InChI is InChI=1S/C18H15ClF3NO3/c19-14-3-6-16-12(8-14)7-13(10-25-16)17(24)23-9-11-1-4-15(5-2-11)26-18(20,21)22/h1-6,8,13H,7,9-10H2,(H,23,24)/t13-/m1/s1. The molecule has 4 nitrogen and oxygen atoms in total. The fourth-order valence-corrected chi connectivity index (χ4v) is 2.87. The van der Waals surface area contributed by atoms with E-state index in [1.165, 1.54) is 24.3 Å². The third kappa shape index (κ3) is 4.82. The highest BCUT2D eigenvalue weighted by Gasteiger charge is 2.31. The minimum Gasteiger partial charge on any atom is -0.492 e. The van der Waals surface area contributed by atoms with Crippen LogP contribution < -0.4 is 14.8 Å². The molecule has 0 aromatic heterocycles. The molecule has 0 radical (unpaired) electrons. The third-order valence-electron chi connectivity index (χ3n) is 3.92. The molecular weight excluding hydrogens is 371 g/mol. The number of benzene rings is 2. The van der Waals surface area contributed by atoms with E-state index in [2.05, 4.69) is 10.1 Å². The summed E-state index contributed by atoms with van der Waals surface area (Å²) in [5.74, 6) is -0.125. The summed E-state index contributed by atoms with van der Waals surface area (Å²) in [6, 6.07) is 10.6. The van der Waals surface area contributed by atoms with Gasteiger partial charge in [0, 0.05) is 11.6 Å². The predicted octanol–water partition coefficient (Wildman–Crippen LogP) is 4.11. The van der Waals surface area contributed by atoms with E-state index in [4.69, 9.17) is 16.3 Å². The van der Waals surface area contributed by atoms with Gasteiger partial charge in [-0.05, 0) is 47.9 Å². The first-order valence-electron chi connectivity index (χ1n) is 7.84. The van der Waals surface area contributed by atoms with E-state index in [1.54, 1.807) is 18.2 Å². The highest BCUT2D eigenvalue weighted by Crippen LogP contribution is 2.30. The average Bonchev–Trinajstić information content (AvgIpc) is 2.59. The number of hydrogen-bond acceptors (Lipinski definition) is 3. The second kappa shape index (κ2) is 7.45. The minimum absolute atomic E-state index is 0.189. The summed E-state index contributed by atoms with van der Waals surface area (Å²) < 4.78 is 45.8. The number of nitrogens with one attached hydrogen (secondary N) is 1. The lowest BCUT2D eigenvalue weighted by molar-refractivity contribution is -0.274. The first-order valence-corrected chi connectivity index (χ1v) is 8.21. The zero-order chi connectivity index (χ0) is 18.7. The summed E-state index contributed by atoms with van der Waals surface area (Å²) in [5, 5.41) is 3.35. The van der Waals surface area contributed by atoms with E-state index in [9.17, 15) is 18.0 Å². The van der Waals surface area contributed by atoms with Crippen molar-refractivity contribution in [3.05, 3.63) is 58.6 Å². The highest BCUT2D eigenvalue weighted by molar-refractivity contribution is 6.30. The van der Waals surface area contributed by atoms with Crippen LogP contribution in [0, 0.1) is 5.92 Å². The molecular formula is C18H15ClF3NO3. The molecule has 2 aromatic rings. The van der Waals surface area contributed by atoms with Gasteiger partial charge in [-0.1, -0.05) is 23.7 Å². The molecule has 0 spiro atoms. The maximum atomic E-state index is 12.3. The van der Waals surface area contributed by atoms with Gasteiger partial charge in [-0.3, -0.25) is 4.79 Å². The van der Waals surface area contributed by atoms with Crippen molar-refractivity contribution in [2.24, 2.45) is 5.92 Å². The van der Waals surface area contributed by atoms with E-state index >= 15 is 0 Å². The Kier molecular flexibility index (Phi) is 5.27. The smallest absolute Gasteiger partial charge is 0.492 e. The Labute approximate surface area is 152 Å². The quantitative estimate of drug-likeness (QED) is 0.861. The number of amides is 1. The first kappa shape index (κ1) is 18.4. The van der Waals surface area contributed by atoms with Gasteiger partial charge in [0.05, 0.1) is 5.92 Å². The second-order valence-electron chi connectivity index (χ2n) is 5.87. The van der Waals surface area contributed by atoms with Crippen molar-refractivity contribution in [1.82, 2.24) is 5.32 Å². The molecule has 1 amide bonds. The summed E-state index contributed by atoms with van der Waals surface area (Å²) >= 11 is 5.96. The van der Waals surface area contributed by atoms with Crippen LogP contribution in [0.15, 0.2) is 42.5 Å². The molecule has 0 saturated carbocycles. The molecule has 1 aliphatic heterocycles. The Morgan fingerprint density at radius 2 is 1.96 bits per heavy atom. The van der Waals surface area contributed by atoms with E-state index in [0.29, 0.717) is 17.0 Å². The fraction of sp³-hybridized carbons (Fsp3) is 0.278. The van der Waals surface area contributed by atoms with Gasteiger partial charge < -0.3 is 14.8 Å². The molecule has 8 heteroatoms. The molecule has 138 valence electrons. The van der Waals surface area contributed by atoms with Gasteiger partial charge in [0.25, 0.3) is 0 Å². The summed E-state index contributed by atoms with van der Waals surface area (Å²) in [4.78, 5) is 12.3. The number of rotatable bonds is 4. The maximum absolute atomic E-state index is 12.3. The van der Waals surface area contributed by atoms with E-state index < -0.39 is 6.36 Å². The maximum Gasteiger partial charge on any atom is 0.573 e. The largest absolute Gasteiger partial charge is 0.573 e. The Bertz CT molecular complexity index is 793. The first-order chi connectivity index (χ1) is 12.3. The van der Waals surface area contributed by atoms with Crippen molar-refractivity contribution in [1.29, 1.82) is 0 Å². The Morgan fingerprint density at radius 3 is 2.65 bits per heavy atom. The van der Waals surface area contributed by atoms with Crippen molar-refractivity contribution < 1.29 is 27.4 Å². The van der Waals surface area contributed by atoms with Crippen LogP contribution in [0.5, 0.6) is 11.5 Å². The molecule has 1 atom stereocenters. The molecule has 2 aromatic carbocycles. The van der Waals surface area contributed by atoms with Gasteiger partial charge in [-0.25, -0.2) is 0 Å². The zero-order valence-corrected chi connectivity index (χ0v) is 14.2. The van der Waals surface area contributed by atoms with E-state index in [0.717, 1.165) is 11.3 Å². The van der Waals surface area contributed by atoms with Crippen molar-refractivity contribution >= 4 is 17.5 Å².